The van der Waals surface area contributed by atoms with Gasteiger partial charge in [-0.15, -0.1) is 0 Å². The standard InChI is InChI=1S/C11H25N3/c1-10-7-11(8-12)9-14(10)6-4-5-13(2)3/h10-11H,4-9,12H2,1-3H3. The van der Waals surface area contributed by atoms with Gasteiger partial charge in [0, 0.05) is 12.6 Å². The lowest BCUT2D eigenvalue weighted by Gasteiger charge is -2.21. The first kappa shape index (κ1) is 12.0. The summed E-state index contributed by atoms with van der Waals surface area (Å²) >= 11 is 0. The highest BCUT2D eigenvalue weighted by atomic mass is 15.2. The Morgan fingerprint density at radius 3 is 2.64 bits per heavy atom. The van der Waals surface area contributed by atoms with Gasteiger partial charge in [-0.2, -0.15) is 0 Å². The zero-order chi connectivity index (χ0) is 10.6. The molecule has 0 amide bonds. The molecule has 1 aliphatic heterocycles. The van der Waals surface area contributed by atoms with Crippen LogP contribution in [0.5, 0.6) is 0 Å². The van der Waals surface area contributed by atoms with Crippen LogP contribution in [-0.2, 0) is 0 Å². The highest BCUT2D eigenvalue weighted by molar-refractivity contribution is 4.82. The van der Waals surface area contributed by atoms with E-state index < -0.39 is 0 Å². The van der Waals surface area contributed by atoms with Crippen LogP contribution in [0.25, 0.3) is 0 Å². The maximum atomic E-state index is 5.70. The van der Waals surface area contributed by atoms with Crippen molar-refractivity contribution in [3.63, 3.8) is 0 Å². The zero-order valence-electron chi connectivity index (χ0n) is 9.87. The van der Waals surface area contributed by atoms with Crippen LogP contribution in [-0.4, -0.2) is 56.1 Å². The molecule has 0 aromatic heterocycles. The highest BCUT2D eigenvalue weighted by Gasteiger charge is 2.27. The number of hydrogen-bond donors (Lipinski definition) is 1. The molecule has 3 nitrogen and oxygen atoms in total. The van der Waals surface area contributed by atoms with Crippen molar-refractivity contribution in [3.8, 4) is 0 Å². The topological polar surface area (TPSA) is 32.5 Å². The lowest BCUT2D eigenvalue weighted by atomic mass is 10.1. The molecule has 1 aliphatic rings. The number of likely N-dealkylation sites (tertiary alicyclic amines) is 1. The second-order valence-corrected chi connectivity index (χ2v) is 4.84. The quantitative estimate of drug-likeness (QED) is 0.704. The van der Waals surface area contributed by atoms with Gasteiger partial charge in [0.05, 0.1) is 0 Å². The number of nitrogens with zero attached hydrogens (tertiary/aromatic N) is 2. The molecule has 14 heavy (non-hydrogen) atoms. The van der Waals surface area contributed by atoms with Gasteiger partial charge in [-0.1, -0.05) is 0 Å². The second kappa shape index (κ2) is 5.69. The number of nitrogens with two attached hydrogens (primary N) is 1. The van der Waals surface area contributed by atoms with E-state index in [2.05, 4.69) is 30.8 Å². The van der Waals surface area contributed by atoms with Crippen molar-refractivity contribution in [2.75, 3.05) is 40.3 Å². The van der Waals surface area contributed by atoms with Gasteiger partial charge < -0.3 is 15.5 Å². The van der Waals surface area contributed by atoms with E-state index >= 15 is 0 Å². The normalized spacial score (nSPS) is 28.9. The van der Waals surface area contributed by atoms with Crippen molar-refractivity contribution in [1.29, 1.82) is 0 Å². The van der Waals surface area contributed by atoms with Gasteiger partial charge in [-0.05, 0) is 59.4 Å². The fourth-order valence-corrected chi connectivity index (χ4v) is 2.29. The number of hydrogen-bond acceptors (Lipinski definition) is 3. The Bertz CT molecular complexity index is 159. The van der Waals surface area contributed by atoms with E-state index in [0.717, 1.165) is 18.5 Å². The van der Waals surface area contributed by atoms with Crippen LogP contribution in [0.1, 0.15) is 19.8 Å². The summed E-state index contributed by atoms with van der Waals surface area (Å²) in [5.74, 6) is 0.740. The smallest absolute Gasteiger partial charge is 0.00706 e. The van der Waals surface area contributed by atoms with E-state index in [1.165, 1.54) is 32.5 Å². The van der Waals surface area contributed by atoms with Crippen molar-refractivity contribution in [1.82, 2.24) is 9.80 Å². The van der Waals surface area contributed by atoms with Gasteiger partial charge in [0.2, 0.25) is 0 Å². The SMILES string of the molecule is CC1CC(CN)CN1CCCN(C)C. The molecule has 0 aromatic rings. The Balaban J connectivity index is 2.18. The van der Waals surface area contributed by atoms with Gasteiger partial charge >= 0.3 is 0 Å². The molecule has 0 aromatic carbocycles. The maximum Gasteiger partial charge on any atom is 0.00706 e. The molecule has 2 atom stereocenters. The minimum Gasteiger partial charge on any atom is -0.330 e. The third kappa shape index (κ3) is 3.56. The Morgan fingerprint density at radius 2 is 2.14 bits per heavy atom. The van der Waals surface area contributed by atoms with E-state index in [4.69, 9.17) is 5.73 Å². The monoisotopic (exact) mass is 199 g/mol. The lowest BCUT2D eigenvalue weighted by Crippen LogP contribution is -2.30. The molecule has 2 N–H and O–H groups in total. The third-order valence-electron chi connectivity index (χ3n) is 3.17. The van der Waals surface area contributed by atoms with Crippen LogP contribution < -0.4 is 5.73 Å². The van der Waals surface area contributed by atoms with Crippen LogP contribution in [0.4, 0.5) is 0 Å². The molecule has 1 rings (SSSR count). The van der Waals surface area contributed by atoms with Crippen LogP contribution >= 0.6 is 0 Å². The maximum absolute atomic E-state index is 5.70. The molecule has 0 radical (unpaired) electrons. The first-order chi connectivity index (χ1) is 6.63. The molecule has 3 heteroatoms. The molecule has 0 saturated carbocycles. The Morgan fingerprint density at radius 1 is 1.43 bits per heavy atom. The molecule has 0 spiro atoms. The minimum atomic E-state index is 0.740. The van der Waals surface area contributed by atoms with Crippen molar-refractivity contribution in [2.24, 2.45) is 11.7 Å². The minimum absolute atomic E-state index is 0.740. The van der Waals surface area contributed by atoms with Crippen molar-refractivity contribution < 1.29 is 0 Å². The molecule has 2 unspecified atom stereocenters. The summed E-state index contributed by atoms with van der Waals surface area (Å²) in [6.45, 7) is 6.82. The van der Waals surface area contributed by atoms with E-state index in [9.17, 15) is 0 Å². The first-order valence-corrected chi connectivity index (χ1v) is 5.72. The van der Waals surface area contributed by atoms with E-state index in [1.807, 2.05) is 0 Å². The van der Waals surface area contributed by atoms with Crippen LogP contribution in [0.2, 0.25) is 0 Å². The van der Waals surface area contributed by atoms with Gasteiger partial charge in [0.1, 0.15) is 0 Å². The van der Waals surface area contributed by atoms with Gasteiger partial charge in [-0.25, -0.2) is 0 Å². The molecule has 84 valence electrons. The highest BCUT2D eigenvalue weighted by Crippen LogP contribution is 2.21. The molecule has 0 bridgehead atoms. The molecule has 1 fully saturated rings. The summed E-state index contributed by atoms with van der Waals surface area (Å²) < 4.78 is 0. The van der Waals surface area contributed by atoms with Gasteiger partial charge in [0.15, 0.2) is 0 Å². The average Bonchev–Trinajstić information content (AvgIpc) is 2.47. The predicted octanol–water partition coefficient (Wildman–Crippen LogP) is 0.607. The Labute approximate surface area is 88.2 Å². The van der Waals surface area contributed by atoms with E-state index in [1.54, 1.807) is 0 Å². The van der Waals surface area contributed by atoms with Crippen LogP contribution in [0.3, 0.4) is 0 Å². The summed E-state index contributed by atoms with van der Waals surface area (Å²) in [4.78, 5) is 4.84. The summed E-state index contributed by atoms with van der Waals surface area (Å²) in [7, 11) is 4.27. The average molecular weight is 199 g/mol. The summed E-state index contributed by atoms with van der Waals surface area (Å²) in [6.07, 6.45) is 2.56. The summed E-state index contributed by atoms with van der Waals surface area (Å²) in [5, 5.41) is 0. The summed E-state index contributed by atoms with van der Waals surface area (Å²) in [6, 6.07) is 0.741. The largest absolute Gasteiger partial charge is 0.330 e. The molecular weight excluding hydrogens is 174 g/mol. The molecule has 0 aliphatic carbocycles. The third-order valence-corrected chi connectivity index (χ3v) is 3.17. The van der Waals surface area contributed by atoms with Gasteiger partial charge in [0.25, 0.3) is 0 Å². The van der Waals surface area contributed by atoms with E-state index in [0.29, 0.717) is 0 Å². The summed E-state index contributed by atoms with van der Waals surface area (Å²) in [5.41, 5.74) is 5.70. The number of rotatable bonds is 5. The molecule has 1 saturated heterocycles. The Kier molecular flexibility index (Phi) is 4.85. The van der Waals surface area contributed by atoms with Crippen LogP contribution in [0, 0.1) is 5.92 Å². The fourth-order valence-electron chi connectivity index (χ4n) is 2.29. The fraction of sp³-hybridized carbons (Fsp3) is 1.00. The Hall–Kier alpha value is -0.120. The van der Waals surface area contributed by atoms with Crippen LogP contribution in [0.15, 0.2) is 0 Å². The van der Waals surface area contributed by atoms with Crippen molar-refractivity contribution in [3.05, 3.63) is 0 Å². The molecular formula is C11H25N3. The zero-order valence-corrected chi connectivity index (χ0v) is 9.87. The predicted molar refractivity (Wildman–Crippen MR) is 61.4 cm³/mol. The lowest BCUT2D eigenvalue weighted by molar-refractivity contribution is 0.247. The second-order valence-electron chi connectivity index (χ2n) is 4.84. The van der Waals surface area contributed by atoms with Crippen molar-refractivity contribution >= 4 is 0 Å². The van der Waals surface area contributed by atoms with Gasteiger partial charge in [-0.3, -0.25) is 0 Å². The van der Waals surface area contributed by atoms with E-state index in [-0.39, 0.29) is 0 Å². The molecule has 1 heterocycles. The first-order valence-electron chi connectivity index (χ1n) is 5.72. The van der Waals surface area contributed by atoms with Crippen molar-refractivity contribution in [2.45, 2.75) is 25.8 Å².